The van der Waals surface area contributed by atoms with Gasteiger partial charge in [-0.15, -0.1) is 0 Å². The lowest BCUT2D eigenvalue weighted by molar-refractivity contribution is -0.192. The fourth-order valence-corrected chi connectivity index (χ4v) is 3.68. The largest absolute Gasteiger partial charge is 0.490 e. The maximum Gasteiger partial charge on any atom is 0.490 e. The minimum atomic E-state index is -5.08. The molecule has 142 valence electrons. The zero-order valence-electron chi connectivity index (χ0n) is 13.9. The van der Waals surface area contributed by atoms with E-state index in [1.165, 1.54) is 9.09 Å². The molecule has 1 aliphatic rings. The summed E-state index contributed by atoms with van der Waals surface area (Å²) >= 11 is 2.34. The molecule has 0 amide bonds. The summed E-state index contributed by atoms with van der Waals surface area (Å²) in [5, 5.41) is 11.4. The molecule has 1 aromatic carbocycles. The van der Waals surface area contributed by atoms with Crippen molar-refractivity contribution >= 4 is 51.1 Å². The second-order valence-electron chi connectivity index (χ2n) is 5.67. The summed E-state index contributed by atoms with van der Waals surface area (Å²) in [6.07, 6.45) is -2.34. The molecule has 0 saturated carbocycles. The van der Waals surface area contributed by atoms with Crippen LogP contribution in [-0.4, -0.2) is 27.8 Å². The number of aryl methyl sites for hydroxylation is 1. The van der Waals surface area contributed by atoms with E-state index in [1.807, 2.05) is 20.2 Å². The van der Waals surface area contributed by atoms with Crippen LogP contribution >= 0.6 is 22.6 Å². The average Bonchev–Trinajstić information content (AvgIpc) is 2.88. The molecular weight excluding hydrogens is 466 g/mol. The number of aliphatic carboxylic acids is 1. The van der Waals surface area contributed by atoms with Crippen LogP contribution in [-0.2, 0) is 17.5 Å². The van der Waals surface area contributed by atoms with Gasteiger partial charge in [0.15, 0.2) is 5.96 Å². The van der Waals surface area contributed by atoms with Crippen LogP contribution in [0, 0.1) is 3.57 Å². The number of nitrogens with two attached hydrogens (primary N) is 2. The summed E-state index contributed by atoms with van der Waals surface area (Å²) in [4.78, 5) is 13.3. The number of benzene rings is 1. The number of halogens is 4. The van der Waals surface area contributed by atoms with E-state index in [1.54, 1.807) is 0 Å². The van der Waals surface area contributed by atoms with E-state index in [4.69, 9.17) is 21.4 Å². The molecule has 0 fully saturated rings. The van der Waals surface area contributed by atoms with E-state index in [0.717, 1.165) is 16.6 Å². The highest BCUT2D eigenvalue weighted by Gasteiger charge is 2.38. The van der Waals surface area contributed by atoms with Gasteiger partial charge in [0.2, 0.25) is 0 Å². The van der Waals surface area contributed by atoms with Crippen molar-refractivity contribution in [2.24, 2.45) is 23.5 Å². The molecule has 0 saturated heterocycles. The third-order valence-electron chi connectivity index (χ3n) is 3.91. The predicted molar refractivity (Wildman–Crippen MR) is 101 cm³/mol. The van der Waals surface area contributed by atoms with Gasteiger partial charge in [0.1, 0.15) is 5.66 Å². The fourth-order valence-electron chi connectivity index (χ4n) is 2.70. The number of anilines is 1. The normalized spacial score (nSPS) is 19.1. The zero-order chi connectivity index (χ0) is 19.9. The second-order valence-corrected chi connectivity index (χ2v) is 6.83. The Hall–Kier alpha value is -2.02. The number of carboxylic acids is 1. The first-order valence-electron chi connectivity index (χ1n) is 7.40. The van der Waals surface area contributed by atoms with Crippen molar-refractivity contribution in [3.63, 3.8) is 0 Å². The molecule has 3 rings (SSSR count). The minimum absolute atomic E-state index is 0.378. The van der Waals surface area contributed by atoms with Gasteiger partial charge in [0.25, 0.3) is 0 Å². The first-order valence-corrected chi connectivity index (χ1v) is 8.48. The van der Waals surface area contributed by atoms with Crippen molar-refractivity contribution in [2.75, 3.05) is 5.32 Å². The van der Waals surface area contributed by atoms with Gasteiger partial charge in [0.05, 0.1) is 5.52 Å². The number of alkyl halides is 3. The van der Waals surface area contributed by atoms with E-state index in [2.05, 4.69) is 49.6 Å². The van der Waals surface area contributed by atoms with Crippen LogP contribution in [0.25, 0.3) is 10.9 Å². The number of carboxylic acid groups (broad SMARTS) is 1. The highest BCUT2D eigenvalue weighted by molar-refractivity contribution is 14.1. The molecule has 0 radical (unpaired) electrons. The Balaban J connectivity index is 0.000000298. The van der Waals surface area contributed by atoms with Gasteiger partial charge < -0.3 is 26.5 Å². The van der Waals surface area contributed by atoms with Crippen LogP contribution < -0.4 is 16.8 Å². The number of carbonyl (C=O) groups is 1. The topological polar surface area (TPSA) is 119 Å². The molecular formula is C15H17F3IN5O2. The molecule has 2 heterocycles. The van der Waals surface area contributed by atoms with E-state index in [0.29, 0.717) is 12.4 Å². The average molecular weight is 483 g/mol. The van der Waals surface area contributed by atoms with Crippen molar-refractivity contribution in [3.8, 4) is 0 Å². The van der Waals surface area contributed by atoms with Gasteiger partial charge in [-0.1, -0.05) is 6.92 Å². The van der Waals surface area contributed by atoms with Crippen molar-refractivity contribution in [2.45, 2.75) is 25.2 Å². The molecule has 2 aromatic rings. The lowest BCUT2D eigenvalue weighted by Gasteiger charge is -2.32. The van der Waals surface area contributed by atoms with Crippen LogP contribution in [0.4, 0.5) is 18.9 Å². The minimum Gasteiger partial charge on any atom is -0.475 e. The first kappa shape index (κ1) is 20.3. The molecule has 0 bridgehead atoms. The van der Waals surface area contributed by atoms with Crippen molar-refractivity contribution < 1.29 is 23.1 Å². The van der Waals surface area contributed by atoms with Gasteiger partial charge in [-0.05, 0) is 41.1 Å². The van der Waals surface area contributed by atoms with Crippen LogP contribution in [0.5, 0.6) is 0 Å². The number of nitrogens with zero attached hydrogens (tertiary/aromatic N) is 2. The first-order chi connectivity index (χ1) is 11.9. The molecule has 1 aromatic heterocycles. The number of hydrogen-bond acceptors (Lipinski definition) is 5. The molecule has 11 heteroatoms. The summed E-state index contributed by atoms with van der Waals surface area (Å²) in [6, 6.07) is 4.17. The highest BCUT2D eigenvalue weighted by atomic mass is 127. The molecule has 1 unspecified atom stereocenters. The predicted octanol–water partition coefficient (Wildman–Crippen LogP) is 2.68. The number of hydrogen-bond donors (Lipinski definition) is 4. The van der Waals surface area contributed by atoms with E-state index in [-0.39, 0.29) is 0 Å². The Morgan fingerprint density at radius 3 is 2.58 bits per heavy atom. The fraction of sp³-hybridized carbons (Fsp3) is 0.333. The number of nitrogens with one attached hydrogen (secondary N) is 1. The van der Waals surface area contributed by atoms with Crippen LogP contribution in [0.2, 0.25) is 0 Å². The lowest BCUT2D eigenvalue weighted by Crippen LogP contribution is -2.43. The summed E-state index contributed by atoms with van der Waals surface area (Å²) in [5.74, 6) is -2.38. The van der Waals surface area contributed by atoms with Gasteiger partial charge in [0, 0.05) is 33.5 Å². The molecule has 1 atom stereocenters. The molecule has 6 N–H and O–H groups in total. The second kappa shape index (κ2) is 6.95. The Bertz CT molecular complexity index is 894. The third kappa shape index (κ3) is 3.72. The van der Waals surface area contributed by atoms with E-state index >= 15 is 0 Å². The Morgan fingerprint density at radius 1 is 1.50 bits per heavy atom. The summed E-state index contributed by atoms with van der Waals surface area (Å²) in [5.41, 5.74) is 14.7. The number of fused-ring (bicyclic) bond motifs is 3. The van der Waals surface area contributed by atoms with Crippen molar-refractivity contribution in [1.82, 2.24) is 4.57 Å². The zero-order valence-corrected chi connectivity index (χ0v) is 16.0. The van der Waals surface area contributed by atoms with Gasteiger partial charge in [-0.2, -0.15) is 13.2 Å². The Morgan fingerprint density at radius 2 is 2.08 bits per heavy atom. The SMILES string of the molecule is CCC1(N)N=C(N)Nc2cc(I)c3c(ccn3C)c21.O=C(O)C(F)(F)F. The quantitative estimate of drug-likeness (QED) is 0.466. The van der Waals surface area contributed by atoms with E-state index < -0.39 is 17.8 Å². The maximum absolute atomic E-state index is 10.6. The number of aliphatic imine (C=N–C) groups is 1. The lowest BCUT2D eigenvalue weighted by atomic mass is 9.91. The van der Waals surface area contributed by atoms with Crippen molar-refractivity contribution in [1.29, 1.82) is 0 Å². The standard InChI is InChI=1S/C13H16IN5.C2HF3O2/c1-3-13(16)10-7-4-5-19(2)11(7)8(14)6-9(10)17-12(15)18-13;3-2(4,5)1(6)7/h4-6H,3,16H2,1-2H3,(H3,15,17,18);(H,6,7). The van der Waals surface area contributed by atoms with Gasteiger partial charge in [-0.3, -0.25) is 0 Å². The molecule has 1 aliphatic heterocycles. The summed E-state index contributed by atoms with van der Waals surface area (Å²) in [6.45, 7) is 2.03. The van der Waals surface area contributed by atoms with Crippen LogP contribution in [0.3, 0.4) is 0 Å². The number of guanidine groups is 1. The summed E-state index contributed by atoms with van der Waals surface area (Å²) < 4.78 is 35.0. The van der Waals surface area contributed by atoms with Gasteiger partial charge in [-0.25, -0.2) is 9.79 Å². The highest BCUT2D eigenvalue weighted by Crippen LogP contribution is 2.40. The Labute approximate surface area is 160 Å². The molecule has 0 aliphatic carbocycles. The molecule has 7 nitrogen and oxygen atoms in total. The third-order valence-corrected chi connectivity index (χ3v) is 4.73. The molecule has 26 heavy (non-hydrogen) atoms. The monoisotopic (exact) mass is 483 g/mol. The Kier molecular flexibility index (Phi) is 5.42. The van der Waals surface area contributed by atoms with Crippen molar-refractivity contribution in [3.05, 3.63) is 27.5 Å². The van der Waals surface area contributed by atoms with Crippen LogP contribution in [0.15, 0.2) is 23.3 Å². The van der Waals surface area contributed by atoms with E-state index in [9.17, 15) is 13.2 Å². The molecule has 0 spiro atoms. The number of aromatic nitrogens is 1. The number of rotatable bonds is 1. The smallest absolute Gasteiger partial charge is 0.475 e. The van der Waals surface area contributed by atoms with Crippen LogP contribution in [0.1, 0.15) is 18.9 Å². The van der Waals surface area contributed by atoms with Gasteiger partial charge >= 0.3 is 12.1 Å². The summed E-state index contributed by atoms with van der Waals surface area (Å²) in [7, 11) is 2.04. The maximum atomic E-state index is 10.6.